The third kappa shape index (κ3) is 5.53. The summed E-state index contributed by atoms with van der Waals surface area (Å²) in [5, 5.41) is 7.37. The van der Waals surface area contributed by atoms with Crippen molar-refractivity contribution in [3.63, 3.8) is 0 Å². The van der Waals surface area contributed by atoms with Crippen LogP contribution in [0.1, 0.15) is 47.9 Å². The Morgan fingerprint density at radius 1 is 0.929 bits per heavy atom. The van der Waals surface area contributed by atoms with Crippen molar-refractivity contribution >= 4 is 33.6 Å². The largest absolute Gasteiger partial charge is 0.416 e. The second-order valence-corrected chi connectivity index (χ2v) is 10.5. The Morgan fingerprint density at radius 2 is 1.71 bits per heavy atom. The number of carbonyl (C=O) groups excluding carboxylic acids is 1. The monoisotopic (exact) mass is 573 g/mol. The number of rotatable bonds is 6. The van der Waals surface area contributed by atoms with Gasteiger partial charge in [0.05, 0.1) is 5.56 Å². The zero-order valence-corrected chi connectivity index (χ0v) is 23.2. The molecule has 0 unspecified atom stereocenters. The van der Waals surface area contributed by atoms with Gasteiger partial charge in [0, 0.05) is 43.7 Å². The predicted octanol–water partition coefficient (Wildman–Crippen LogP) is 7.15. The average Bonchev–Trinajstić information content (AvgIpc) is 3.27. The molecule has 1 saturated heterocycles. The van der Waals surface area contributed by atoms with E-state index in [1.165, 1.54) is 12.1 Å². The number of amides is 1. The SMILES string of the molecule is CCCCc1nc(N2CCCN(C(=O)c3ccc(C(F)(F)F)cc3)CC2)c2c(-c3ccc4ccccc4c3)noc2n1. The molecule has 2 aromatic heterocycles. The molecule has 0 aliphatic carbocycles. The Kier molecular flexibility index (Phi) is 7.53. The van der Waals surface area contributed by atoms with Gasteiger partial charge in [-0.1, -0.05) is 54.9 Å². The molecule has 3 heterocycles. The summed E-state index contributed by atoms with van der Waals surface area (Å²) in [6.45, 7) is 4.12. The number of hydrogen-bond donors (Lipinski definition) is 0. The molecular weight excluding hydrogens is 543 g/mol. The first-order chi connectivity index (χ1) is 20.3. The van der Waals surface area contributed by atoms with Gasteiger partial charge in [-0.05, 0) is 53.9 Å². The van der Waals surface area contributed by atoms with E-state index in [-0.39, 0.29) is 11.5 Å². The lowest BCUT2D eigenvalue weighted by molar-refractivity contribution is -0.137. The summed E-state index contributed by atoms with van der Waals surface area (Å²) in [6, 6.07) is 18.7. The van der Waals surface area contributed by atoms with Crippen molar-refractivity contribution in [3.05, 3.63) is 83.7 Å². The molecule has 0 N–H and O–H groups in total. The molecule has 0 radical (unpaired) electrons. The Morgan fingerprint density at radius 3 is 2.48 bits per heavy atom. The minimum atomic E-state index is -4.45. The van der Waals surface area contributed by atoms with E-state index in [4.69, 9.17) is 14.5 Å². The van der Waals surface area contributed by atoms with E-state index in [1.54, 1.807) is 4.90 Å². The van der Waals surface area contributed by atoms with E-state index in [1.807, 2.05) is 18.2 Å². The van der Waals surface area contributed by atoms with Crippen LogP contribution in [-0.4, -0.2) is 52.1 Å². The lowest BCUT2D eigenvalue weighted by Gasteiger charge is -2.24. The van der Waals surface area contributed by atoms with Crippen molar-refractivity contribution in [2.24, 2.45) is 0 Å². The van der Waals surface area contributed by atoms with Crippen LogP contribution < -0.4 is 4.90 Å². The lowest BCUT2D eigenvalue weighted by atomic mass is 10.0. The van der Waals surface area contributed by atoms with Crippen molar-refractivity contribution in [1.29, 1.82) is 0 Å². The molecule has 1 fully saturated rings. The summed E-state index contributed by atoms with van der Waals surface area (Å²) in [5.74, 6) is 1.12. The number of aromatic nitrogens is 3. The second kappa shape index (κ2) is 11.4. The molecule has 10 heteroatoms. The van der Waals surface area contributed by atoms with Crippen molar-refractivity contribution < 1.29 is 22.5 Å². The van der Waals surface area contributed by atoms with Gasteiger partial charge in [-0.15, -0.1) is 0 Å². The van der Waals surface area contributed by atoms with Crippen molar-refractivity contribution in [1.82, 2.24) is 20.0 Å². The maximum absolute atomic E-state index is 13.2. The predicted molar refractivity (Wildman–Crippen MR) is 155 cm³/mol. The molecule has 0 atom stereocenters. The topological polar surface area (TPSA) is 75.4 Å². The van der Waals surface area contributed by atoms with Crippen LogP contribution in [0, 0.1) is 0 Å². The zero-order valence-electron chi connectivity index (χ0n) is 23.2. The first-order valence-electron chi connectivity index (χ1n) is 14.2. The van der Waals surface area contributed by atoms with Crippen LogP contribution in [0.15, 0.2) is 71.3 Å². The highest BCUT2D eigenvalue weighted by Gasteiger charge is 2.31. The molecule has 1 aliphatic rings. The van der Waals surface area contributed by atoms with E-state index in [0.717, 1.165) is 52.5 Å². The van der Waals surface area contributed by atoms with Crippen LogP contribution in [-0.2, 0) is 12.6 Å². The summed E-state index contributed by atoms with van der Waals surface area (Å²) in [6.07, 6.45) is -1.14. The van der Waals surface area contributed by atoms with Crippen molar-refractivity contribution in [2.45, 2.75) is 38.8 Å². The minimum absolute atomic E-state index is 0.236. The number of anilines is 1. The van der Waals surface area contributed by atoms with Crippen LogP contribution >= 0.6 is 0 Å². The summed E-state index contributed by atoms with van der Waals surface area (Å²) < 4.78 is 44.8. The van der Waals surface area contributed by atoms with Gasteiger partial charge in [0.15, 0.2) is 0 Å². The number of fused-ring (bicyclic) bond motifs is 2. The van der Waals surface area contributed by atoms with Crippen LogP contribution in [0.2, 0.25) is 0 Å². The Hall–Kier alpha value is -4.47. The molecule has 0 bridgehead atoms. The summed E-state index contributed by atoms with van der Waals surface area (Å²) in [5.41, 5.74) is 1.45. The third-order valence-corrected chi connectivity index (χ3v) is 7.68. The fraction of sp³-hybridized carbons (Fsp3) is 0.312. The van der Waals surface area contributed by atoms with Crippen LogP contribution in [0.5, 0.6) is 0 Å². The number of carbonyl (C=O) groups is 1. The molecule has 1 amide bonds. The van der Waals surface area contributed by atoms with Gasteiger partial charge in [0.25, 0.3) is 11.6 Å². The van der Waals surface area contributed by atoms with Gasteiger partial charge in [-0.3, -0.25) is 4.79 Å². The first kappa shape index (κ1) is 27.7. The fourth-order valence-corrected chi connectivity index (χ4v) is 5.41. The highest BCUT2D eigenvalue weighted by molar-refractivity contribution is 6.00. The van der Waals surface area contributed by atoms with Crippen molar-refractivity contribution in [2.75, 3.05) is 31.1 Å². The van der Waals surface area contributed by atoms with Gasteiger partial charge in [-0.25, -0.2) is 4.98 Å². The molecule has 0 saturated carbocycles. The number of halogens is 3. The van der Waals surface area contributed by atoms with Gasteiger partial charge in [0.1, 0.15) is 22.7 Å². The number of benzene rings is 3. The van der Waals surface area contributed by atoms with Gasteiger partial charge in [0.2, 0.25) is 0 Å². The number of unbranched alkanes of at least 4 members (excludes halogenated alkanes) is 1. The average molecular weight is 574 g/mol. The molecule has 1 aliphatic heterocycles. The molecule has 6 rings (SSSR count). The Balaban J connectivity index is 1.32. The Labute approximate surface area is 240 Å². The fourth-order valence-electron chi connectivity index (χ4n) is 5.41. The number of alkyl halides is 3. The quantitative estimate of drug-likeness (QED) is 0.215. The molecular formula is C32H30F3N5O2. The van der Waals surface area contributed by atoms with Gasteiger partial charge >= 0.3 is 6.18 Å². The maximum Gasteiger partial charge on any atom is 0.416 e. The summed E-state index contributed by atoms with van der Waals surface area (Å²) in [4.78, 5) is 26.7. The van der Waals surface area contributed by atoms with Crippen LogP contribution in [0.3, 0.4) is 0 Å². The van der Waals surface area contributed by atoms with Gasteiger partial charge < -0.3 is 14.3 Å². The standard InChI is InChI=1S/C32H30F3N5O2/c1-2-3-9-26-36-29(27-28(38-42-30(27)37-26)24-11-10-21-7-4-5-8-23(21)20-24)39-16-6-17-40(19-18-39)31(41)22-12-14-25(15-13-22)32(33,34)35/h4-5,7-8,10-15,20H,2-3,6,9,16-19H2,1H3. The summed E-state index contributed by atoms with van der Waals surface area (Å²) in [7, 11) is 0. The van der Waals surface area contributed by atoms with E-state index in [0.29, 0.717) is 56.3 Å². The highest BCUT2D eigenvalue weighted by Crippen LogP contribution is 2.36. The molecule has 5 aromatic rings. The number of aryl methyl sites for hydroxylation is 1. The molecule has 42 heavy (non-hydrogen) atoms. The molecule has 216 valence electrons. The molecule has 7 nitrogen and oxygen atoms in total. The number of hydrogen-bond acceptors (Lipinski definition) is 6. The smallest absolute Gasteiger partial charge is 0.354 e. The normalized spacial score (nSPS) is 14.5. The third-order valence-electron chi connectivity index (χ3n) is 7.68. The first-order valence-corrected chi connectivity index (χ1v) is 14.2. The minimum Gasteiger partial charge on any atom is -0.354 e. The number of nitrogens with zero attached hydrogens (tertiary/aromatic N) is 5. The molecule has 0 spiro atoms. The van der Waals surface area contributed by atoms with E-state index >= 15 is 0 Å². The highest BCUT2D eigenvalue weighted by atomic mass is 19.4. The summed E-state index contributed by atoms with van der Waals surface area (Å²) >= 11 is 0. The maximum atomic E-state index is 13.2. The van der Waals surface area contributed by atoms with Crippen LogP contribution in [0.25, 0.3) is 33.1 Å². The Bertz CT molecular complexity index is 1730. The van der Waals surface area contributed by atoms with E-state index in [2.05, 4.69) is 41.2 Å². The van der Waals surface area contributed by atoms with Gasteiger partial charge in [-0.2, -0.15) is 18.2 Å². The van der Waals surface area contributed by atoms with E-state index in [9.17, 15) is 18.0 Å². The van der Waals surface area contributed by atoms with E-state index < -0.39 is 11.7 Å². The lowest BCUT2D eigenvalue weighted by Crippen LogP contribution is -2.35. The molecule has 3 aromatic carbocycles. The second-order valence-electron chi connectivity index (χ2n) is 10.5. The van der Waals surface area contributed by atoms with Crippen molar-refractivity contribution in [3.8, 4) is 11.3 Å². The van der Waals surface area contributed by atoms with Crippen LogP contribution in [0.4, 0.5) is 19.0 Å². The zero-order chi connectivity index (χ0) is 29.3.